The first kappa shape index (κ1) is 27.3. The van der Waals surface area contributed by atoms with E-state index in [4.69, 9.17) is 4.74 Å². The summed E-state index contributed by atoms with van der Waals surface area (Å²) >= 11 is 0. The Bertz CT molecular complexity index is 819. The van der Waals surface area contributed by atoms with Crippen LogP contribution >= 0.6 is 7.26 Å². The fourth-order valence-corrected chi connectivity index (χ4v) is 8.90. The Hall–Kier alpha value is -1.96. The molecule has 0 aromatic heterocycles. The highest BCUT2D eigenvalue weighted by molar-refractivity contribution is 7.95. The number of hydrogen-bond acceptors (Lipinski definition) is 2. The van der Waals surface area contributed by atoms with Crippen LogP contribution in [0.2, 0.25) is 0 Å². The van der Waals surface area contributed by atoms with Gasteiger partial charge in [-0.05, 0) is 55.7 Å². The molecule has 3 aromatic rings. The second-order valence-electron chi connectivity index (χ2n) is 8.34. The lowest BCUT2D eigenvalue weighted by Crippen LogP contribution is -3.00. The number of ether oxygens (including phenoxy) is 1. The molecule has 0 aliphatic carbocycles. The Morgan fingerprint density at radius 2 is 0.970 bits per heavy atom. The third kappa shape index (κ3) is 7.80. The predicted octanol–water partition coefficient (Wildman–Crippen LogP) is 3.28. The number of benzene rings is 3. The molecule has 176 valence electrons. The van der Waals surface area contributed by atoms with Crippen molar-refractivity contribution < 1.29 is 26.5 Å². The van der Waals surface area contributed by atoms with E-state index in [1.165, 1.54) is 61.3 Å². The second kappa shape index (κ2) is 15.0. The minimum absolute atomic E-state index is 0. The van der Waals surface area contributed by atoms with Crippen molar-refractivity contribution in [1.29, 1.82) is 0 Å². The van der Waals surface area contributed by atoms with E-state index in [1.54, 1.807) is 0 Å². The first-order chi connectivity index (χ1) is 15.8. The second-order valence-corrected chi connectivity index (χ2v) is 12.0. The fraction of sp³-hybridized carbons (Fsp3) is 0.345. The normalized spacial score (nSPS) is 10.9. The average molecular weight is 527 g/mol. The van der Waals surface area contributed by atoms with Gasteiger partial charge in [0, 0.05) is 6.42 Å². The Labute approximate surface area is 210 Å². The van der Waals surface area contributed by atoms with Gasteiger partial charge in [-0.3, -0.25) is 4.79 Å². The van der Waals surface area contributed by atoms with Crippen molar-refractivity contribution in [3.8, 4) is 0 Å². The minimum Gasteiger partial charge on any atom is -1.00 e. The third-order valence-electron chi connectivity index (χ3n) is 6.19. The molecule has 0 N–H and O–H groups in total. The minimum atomic E-state index is -1.69. The molecule has 2 nitrogen and oxygen atoms in total. The Kier molecular flexibility index (Phi) is 12.4. The molecule has 0 radical (unpaired) electrons. The van der Waals surface area contributed by atoms with Crippen LogP contribution in [0, 0.1) is 0 Å². The summed E-state index contributed by atoms with van der Waals surface area (Å²) in [6.45, 7) is 0. The number of hydrogen-bond donors (Lipinski definition) is 0. The monoisotopic (exact) mass is 526 g/mol. The topological polar surface area (TPSA) is 26.3 Å². The number of esters is 1. The molecule has 3 rings (SSSR count). The van der Waals surface area contributed by atoms with Gasteiger partial charge in [0.25, 0.3) is 0 Å². The van der Waals surface area contributed by atoms with Crippen molar-refractivity contribution in [3.63, 3.8) is 0 Å². The van der Waals surface area contributed by atoms with Gasteiger partial charge in [-0.1, -0.05) is 80.3 Å². The molecular formula is C29H36BrO2P. The summed E-state index contributed by atoms with van der Waals surface area (Å²) < 4.78 is 4.72. The maximum absolute atomic E-state index is 11.2. The summed E-state index contributed by atoms with van der Waals surface area (Å²) in [4.78, 5) is 11.2. The van der Waals surface area contributed by atoms with Gasteiger partial charge in [0.2, 0.25) is 0 Å². The summed E-state index contributed by atoms with van der Waals surface area (Å²) in [5.41, 5.74) is 0. The van der Waals surface area contributed by atoms with E-state index < -0.39 is 7.26 Å². The van der Waals surface area contributed by atoms with Crippen LogP contribution in [-0.4, -0.2) is 19.2 Å². The van der Waals surface area contributed by atoms with Crippen LogP contribution in [0.5, 0.6) is 0 Å². The van der Waals surface area contributed by atoms with Crippen molar-refractivity contribution in [2.75, 3.05) is 13.3 Å². The first-order valence-corrected chi connectivity index (χ1v) is 13.9. The van der Waals surface area contributed by atoms with E-state index in [1.807, 2.05) is 0 Å². The number of methoxy groups -OCH3 is 1. The lowest BCUT2D eigenvalue weighted by molar-refractivity contribution is -0.140. The molecule has 3 aromatic carbocycles. The number of halogens is 1. The summed E-state index contributed by atoms with van der Waals surface area (Å²) in [5, 5.41) is 4.42. The number of rotatable bonds is 13. The molecule has 0 fully saturated rings. The highest BCUT2D eigenvalue weighted by Gasteiger charge is 2.44. The fourth-order valence-electron chi connectivity index (χ4n) is 4.49. The summed E-state index contributed by atoms with van der Waals surface area (Å²) in [7, 11) is -0.222. The first-order valence-electron chi connectivity index (χ1n) is 11.9. The quantitative estimate of drug-likeness (QED) is 0.194. The smallest absolute Gasteiger partial charge is 0.305 e. The van der Waals surface area contributed by atoms with E-state index in [9.17, 15) is 4.79 Å². The van der Waals surface area contributed by atoms with Crippen molar-refractivity contribution in [2.45, 2.75) is 51.4 Å². The summed E-state index contributed by atoms with van der Waals surface area (Å²) in [6, 6.07) is 33.4. The van der Waals surface area contributed by atoms with Gasteiger partial charge in [0.1, 0.15) is 23.2 Å². The SMILES string of the molecule is COC(=O)CCCCCCCCC[P+](c1ccccc1)(c1ccccc1)c1ccccc1.[Br-]. The van der Waals surface area contributed by atoms with E-state index >= 15 is 0 Å². The van der Waals surface area contributed by atoms with Crippen LogP contribution in [0.4, 0.5) is 0 Å². The van der Waals surface area contributed by atoms with Gasteiger partial charge in [-0.2, -0.15) is 0 Å². The number of unbranched alkanes of at least 4 members (excludes halogenated alkanes) is 6. The largest absolute Gasteiger partial charge is 1.00 e. The van der Waals surface area contributed by atoms with Gasteiger partial charge in [-0.15, -0.1) is 0 Å². The molecule has 4 heteroatoms. The van der Waals surface area contributed by atoms with Crippen LogP contribution < -0.4 is 32.9 Å². The van der Waals surface area contributed by atoms with Crippen LogP contribution in [0.1, 0.15) is 51.4 Å². The molecule has 0 bridgehead atoms. The van der Waals surface area contributed by atoms with Gasteiger partial charge in [0.05, 0.1) is 13.3 Å². The maximum Gasteiger partial charge on any atom is 0.305 e. The van der Waals surface area contributed by atoms with Crippen molar-refractivity contribution in [3.05, 3.63) is 91.0 Å². The predicted molar refractivity (Wildman–Crippen MR) is 139 cm³/mol. The number of carbonyl (C=O) groups excluding carboxylic acids is 1. The molecule has 0 amide bonds. The van der Waals surface area contributed by atoms with Crippen molar-refractivity contribution in [2.24, 2.45) is 0 Å². The van der Waals surface area contributed by atoms with Gasteiger partial charge in [-0.25, -0.2) is 0 Å². The highest BCUT2D eigenvalue weighted by atomic mass is 79.9. The van der Waals surface area contributed by atoms with Crippen LogP contribution in [0.3, 0.4) is 0 Å². The molecular weight excluding hydrogens is 491 g/mol. The van der Waals surface area contributed by atoms with Crippen LogP contribution in [0.25, 0.3) is 0 Å². The van der Waals surface area contributed by atoms with Crippen molar-refractivity contribution in [1.82, 2.24) is 0 Å². The molecule has 0 spiro atoms. The number of carbonyl (C=O) groups is 1. The zero-order chi connectivity index (χ0) is 22.5. The molecule has 0 aliphatic heterocycles. The van der Waals surface area contributed by atoms with Crippen LogP contribution in [0.15, 0.2) is 91.0 Å². The zero-order valence-electron chi connectivity index (χ0n) is 19.7. The van der Waals surface area contributed by atoms with Gasteiger partial charge >= 0.3 is 5.97 Å². The van der Waals surface area contributed by atoms with Gasteiger partial charge < -0.3 is 21.7 Å². The van der Waals surface area contributed by atoms with E-state index in [0.717, 1.165) is 12.8 Å². The van der Waals surface area contributed by atoms with Crippen molar-refractivity contribution >= 4 is 29.1 Å². The third-order valence-corrected chi connectivity index (χ3v) is 10.7. The Morgan fingerprint density at radius 3 is 1.36 bits per heavy atom. The molecule has 33 heavy (non-hydrogen) atoms. The van der Waals surface area contributed by atoms with Gasteiger partial charge in [0.15, 0.2) is 0 Å². The lowest BCUT2D eigenvalue weighted by atomic mass is 10.1. The molecule has 0 heterocycles. The molecule has 0 aliphatic rings. The summed E-state index contributed by atoms with van der Waals surface area (Å²) in [5.74, 6) is -0.0898. The Balaban J connectivity index is 0.00000385. The highest BCUT2D eigenvalue weighted by Crippen LogP contribution is 2.55. The zero-order valence-corrected chi connectivity index (χ0v) is 22.1. The average Bonchev–Trinajstić information content (AvgIpc) is 2.87. The van der Waals surface area contributed by atoms with E-state index in [2.05, 4.69) is 91.0 Å². The van der Waals surface area contributed by atoms with E-state index in [-0.39, 0.29) is 23.0 Å². The van der Waals surface area contributed by atoms with E-state index in [0.29, 0.717) is 6.42 Å². The lowest BCUT2D eigenvalue weighted by Gasteiger charge is -2.27. The molecule has 0 saturated heterocycles. The van der Waals surface area contributed by atoms with Crippen LogP contribution in [-0.2, 0) is 9.53 Å². The molecule has 0 saturated carbocycles. The molecule has 0 atom stereocenters. The Morgan fingerprint density at radius 1 is 0.606 bits per heavy atom. The summed E-state index contributed by atoms with van der Waals surface area (Å²) in [6.07, 6.45) is 10.0. The maximum atomic E-state index is 11.2. The standard InChI is InChI=1S/C29H36O2P.BrH/c1-31-29(30)24-16-5-3-2-4-6-17-25-32(26-18-10-7-11-19-26,27-20-12-8-13-21-27)28-22-14-9-15-23-28;/h7-15,18-23H,2-6,16-17,24-25H2,1H3;1H/q+1;/p-1. The molecule has 0 unspecified atom stereocenters.